The van der Waals surface area contributed by atoms with Crippen LogP contribution in [0.2, 0.25) is 0 Å². The predicted molar refractivity (Wildman–Crippen MR) is 304 cm³/mol. The van der Waals surface area contributed by atoms with Crippen LogP contribution >= 0.6 is 0 Å². The van der Waals surface area contributed by atoms with E-state index in [2.05, 4.69) is 146 Å². The van der Waals surface area contributed by atoms with E-state index in [1.54, 1.807) is 0 Å². The van der Waals surface area contributed by atoms with Gasteiger partial charge in [0.15, 0.2) is 0 Å². The Balaban J connectivity index is 2.11. The molecule has 0 saturated carbocycles. The summed E-state index contributed by atoms with van der Waals surface area (Å²) in [5, 5.41) is 0. The molecule has 0 aliphatic heterocycles. The van der Waals surface area contributed by atoms with Gasteiger partial charge in [-0.05, 0) is 74.3 Å². The van der Waals surface area contributed by atoms with Crippen LogP contribution in [0.4, 0.5) is 11.4 Å². The van der Waals surface area contributed by atoms with Crippen LogP contribution in [0, 0.1) is 0 Å². The molecule has 384 valence electrons. The Morgan fingerprint density at radius 3 is 0.791 bits per heavy atom. The monoisotopic (exact) mass is 926 g/mol. The largest absolute Gasteiger partial charge is 0.378 e. The van der Waals surface area contributed by atoms with Gasteiger partial charge in [-0.3, -0.25) is 4.90 Å². The summed E-state index contributed by atoms with van der Waals surface area (Å²) in [5.74, 6) is 0. The van der Waals surface area contributed by atoms with Crippen molar-refractivity contribution < 1.29 is 0 Å². The molecule has 5 nitrogen and oxygen atoms in total. The quantitative estimate of drug-likeness (QED) is 0.0613. The Morgan fingerprint density at radius 2 is 0.522 bits per heavy atom. The molecule has 0 heterocycles. The van der Waals surface area contributed by atoms with Crippen LogP contribution in [0.5, 0.6) is 0 Å². The summed E-state index contributed by atoms with van der Waals surface area (Å²) in [6.07, 6.45) is 51.7. The Bertz CT molecular complexity index is 1310. The second kappa shape index (κ2) is 43.4. The maximum absolute atomic E-state index is 2.88. The summed E-state index contributed by atoms with van der Waals surface area (Å²) in [7, 11) is 8.45. The molecule has 0 aliphatic rings. The van der Waals surface area contributed by atoms with Crippen molar-refractivity contribution in [3.05, 3.63) is 71.8 Å². The molecular formula is C62H111N5. The van der Waals surface area contributed by atoms with Crippen molar-refractivity contribution in [2.45, 2.75) is 213 Å². The van der Waals surface area contributed by atoms with Gasteiger partial charge in [-0.1, -0.05) is 243 Å². The highest BCUT2D eigenvalue weighted by Gasteiger charge is 2.12. The zero-order valence-electron chi connectivity index (χ0n) is 45.7. The van der Waals surface area contributed by atoms with Crippen molar-refractivity contribution >= 4 is 23.5 Å². The summed E-state index contributed by atoms with van der Waals surface area (Å²) >= 11 is 0. The summed E-state index contributed by atoms with van der Waals surface area (Å²) in [6.45, 7) is 17.3. The van der Waals surface area contributed by atoms with E-state index in [1.165, 1.54) is 248 Å². The molecule has 0 atom stereocenters. The molecule has 0 bridgehead atoms. The number of hydrogen-bond donors (Lipinski definition) is 0. The molecule has 2 aromatic carbocycles. The lowest BCUT2D eigenvalue weighted by Crippen LogP contribution is -2.41. The summed E-state index contributed by atoms with van der Waals surface area (Å²) in [4.78, 5) is 12.7. The van der Waals surface area contributed by atoms with Crippen molar-refractivity contribution in [1.82, 2.24) is 14.7 Å². The molecule has 67 heavy (non-hydrogen) atoms. The zero-order chi connectivity index (χ0) is 48.3. The average molecular weight is 927 g/mol. The first-order chi connectivity index (χ1) is 32.9. The molecule has 0 spiro atoms. The Morgan fingerprint density at radius 1 is 0.284 bits per heavy atom. The highest BCUT2D eigenvalue weighted by molar-refractivity contribution is 5.56. The molecule has 0 aliphatic carbocycles. The SMILES string of the molecule is CCCCCCCCCCCCN(CCCCCCCCCCCC)CCN(CCCCCCCCCCCC)CCN(C/C=C/c1ccc(N(C)C)cc1)C/C=C/c1ccc(N(C)C)cc1. The van der Waals surface area contributed by atoms with Gasteiger partial charge in [0.2, 0.25) is 0 Å². The van der Waals surface area contributed by atoms with Crippen LogP contribution in [-0.2, 0) is 0 Å². The van der Waals surface area contributed by atoms with E-state index in [-0.39, 0.29) is 0 Å². The standard InChI is InChI=1S/C62H111N5/c1-8-11-14-17-20-23-26-29-32-35-50-65(51-36-33-30-27-24-21-18-15-12-9-2)55-57-67(52-37-34-31-28-25-22-19-16-13-10-3)58-56-66(53-38-40-59-42-46-61(47-43-59)63(4)5)54-39-41-60-44-48-62(49-45-60)64(6)7/h38-49H,8-37,50-58H2,1-7H3/b40-38+,41-39+. The molecule has 0 unspecified atom stereocenters. The Labute approximate surface area is 418 Å². The highest BCUT2D eigenvalue weighted by Crippen LogP contribution is 2.17. The van der Waals surface area contributed by atoms with E-state index in [4.69, 9.17) is 0 Å². The van der Waals surface area contributed by atoms with Gasteiger partial charge in [-0.25, -0.2) is 0 Å². The van der Waals surface area contributed by atoms with Crippen molar-refractivity contribution in [3.8, 4) is 0 Å². The lowest BCUT2D eigenvalue weighted by atomic mass is 10.1. The Kier molecular flexibility index (Phi) is 39.2. The molecule has 0 saturated heterocycles. The normalized spacial score (nSPS) is 12.0. The van der Waals surface area contributed by atoms with Crippen LogP contribution in [0.3, 0.4) is 0 Å². The van der Waals surface area contributed by atoms with E-state index in [0.717, 1.165) is 26.2 Å². The molecule has 0 N–H and O–H groups in total. The van der Waals surface area contributed by atoms with Crippen molar-refractivity contribution in [2.75, 3.05) is 96.9 Å². The van der Waals surface area contributed by atoms with Gasteiger partial charge in [0.1, 0.15) is 0 Å². The van der Waals surface area contributed by atoms with Crippen LogP contribution in [0.15, 0.2) is 60.7 Å². The number of rotatable bonds is 47. The van der Waals surface area contributed by atoms with E-state index >= 15 is 0 Å². The second-order valence-electron chi connectivity index (χ2n) is 20.8. The van der Waals surface area contributed by atoms with Crippen LogP contribution in [0.25, 0.3) is 12.2 Å². The van der Waals surface area contributed by atoms with E-state index in [0.29, 0.717) is 0 Å². The number of nitrogens with zero attached hydrogens (tertiary/aromatic N) is 5. The maximum atomic E-state index is 2.88. The first kappa shape index (κ1) is 60.5. The van der Waals surface area contributed by atoms with Crippen molar-refractivity contribution in [3.63, 3.8) is 0 Å². The highest BCUT2D eigenvalue weighted by atomic mass is 15.2. The number of unbranched alkanes of at least 4 members (excludes halogenated alkanes) is 27. The van der Waals surface area contributed by atoms with Crippen LogP contribution in [-0.4, -0.2) is 102 Å². The maximum Gasteiger partial charge on any atom is 0.0361 e. The summed E-state index contributed by atoms with van der Waals surface area (Å²) in [6, 6.07) is 17.9. The van der Waals surface area contributed by atoms with Gasteiger partial charge in [0.25, 0.3) is 0 Å². The fourth-order valence-electron chi connectivity index (χ4n) is 9.41. The molecule has 0 aromatic heterocycles. The predicted octanol–water partition coefficient (Wildman–Crippen LogP) is 17.2. The minimum absolute atomic E-state index is 0.953. The van der Waals surface area contributed by atoms with Crippen LogP contribution in [0.1, 0.15) is 225 Å². The van der Waals surface area contributed by atoms with Crippen molar-refractivity contribution in [2.24, 2.45) is 0 Å². The second-order valence-corrected chi connectivity index (χ2v) is 20.8. The van der Waals surface area contributed by atoms with E-state index in [9.17, 15) is 0 Å². The van der Waals surface area contributed by atoms with E-state index < -0.39 is 0 Å². The van der Waals surface area contributed by atoms with E-state index in [1.807, 2.05) is 0 Å². The Hall–Kier alpha value is -2.60. The topological polar surface area (TPSA) is 16.2 Å². The fourth-order valence-corrected chi connectivity index (χ4v) is 9.41. The number of benzene rings is 2. The fraction of sp³-hybridized carbons (Fsp3) is 0.742. The van der Waals surface area contributed by atoms with Gasteiger partial charge >= 0.3 is 0 Å². The zero-order valence-corrected chi connectivity index (χ0v) is 45.7. The van der Waals surface area contributed by atoms with Crippen LogP contribution < -0.4 is 9.80 Å². The third-order valence-electron chi connectivity index (χ3n) is 14.1. The van der Waals surface area contributed by atoms with Gasteiger partial charge < -0.3 is 19.6 Å². The first-order valence-electron chi connectivity index (χ1n) is 28.9. The summed E-state index contributed by atoms with van der Waals surface area (Å²) in [5.41, 5.74) is 5.04. The molecular weight excluding hydrogens is 815 g/mol. The number of hydrogen-bond acceptors (Lipinski definition) is 5. The molecule has 2 rings (SSSR count). The van der Waals surface area contributed by atoms with Gasteiger partial charge in [0.05, 0.1) is 0 Å². The van der Waals surface area contributed by atoms with Gasteiger partial charge in [-0.2, -0.15) is 0 Å². The number of anilines is 2. The van der Waals surface area contributed by atoms with Gasteiger partial charge in [0, 0.05) is 78.8 Å². The lowest BCUT2D eigenvalue weighted by Gasteiger charge is -2.30. The molecule has 0 radical (unpaired) electrons. The van der Waals surface area contributed by atoms with Gasteiger partial charge in [-0.15, -0.1) is 0 Å². The first-order valence-corrected chi connectivity index (χ1v) is 28.9. The molecule has 0 amide bonds. The third-order valence-corrected chi connectivity index (χ3v) is 14.1. The minimum Gasteiger partial charge on any atom is -0.378 e. The molecule has 5 heteroatoms. The van der Waals surface area contributed by atoms with Crippen molar-refractivity contribution in [1.29, 1.82) is 0 Å². The molecule has 0 fully saturated rings. The lowest BCUT2D eigenvalue weighted by molar-refractivity contribution is 0.178. The smallest absolute Gasteiger partial charge is 0.0361 e. The summed E-state index contributed by atoms with van der Waals surface area (Å²) < 4.78 is 0. The third kappa shape index (κ3) is 34.4. The molecule has 2 aromatic rings. The average Bonchev–Trinajstić information content (AvgIpc) is 3.33. The minimum atomic E-state index is 0.953.